The summed E-state index contributed by atoms with van der Waals surface area (Å²) < 4.78 is 81.1. The molecule has 0 saturated heterocycles. The molecule has 3 aromatic carbocycles. The topological polar surface area (TPSA) is 107 Å². The molecule has 0 bridgehead atoms. The van der Waals surface area contributed by atoms with Gasteiger partial charge in [0, 0.05) is 40.9 Å². The van der Waals surface area contributed by atoms with Crippen molar-refractivity contribution in [1.29, 1.82) is 0 Å². The molecular formula is C26H22ClF4N5O2S. The highest BCUT2D eigenvalue weighted by atomic mass is 35.5. The highest BCUT2D eigenvalue weighted by molar-refractivity contribution is 7.90. The fourth-order valence-corrected chi connectivity index (χ4v) is 4.76. The molecule has 0 amide bonds. The summed E-state index contributed by atoms with van der Waals surface area (Å²) in [6.45, 7) is 1.33. The molecule has 0 unspecified atom stereocenters. The third-order valence-electron chi connectivity index (χ3n) is 5.89. The molecule has 0 aliphatic carbocycles. The Kier molecular flexibility index (Phi) is 7.48. The summed E-state index contributed by atoms with van der Waals surface area (Å²) in [5.74, 6) is 5.56. The quantitative estimate of drug-likeness (QED) is 0.172. The van der Waals surface area contributed by atoms with Crippen LogP contribution in [0.4, 0.5) is 23.2 Å². The van der Waals surface area contributed by atoms with E-state index in [2.05, 4.69) is 4.98 Å². The highest BCUT2D eigenvalue weighted by Crippen LogP contribution is 2.38. The Morgan fingerprint density at radius 1 is 1.10 bits per heavy atom. The smallest absolute Gasteiger partial charge is 0.403 e. The van der Waals surface area contributed by atoms with E-state index >= 15 is 4.39 Å². The molecule has 7 nitrogen and oxygen atoms in total. The number of nitrogens with zero attached hydrogens (tertiary/aromatic N) is 3. The van der Waals surface area contributed by atoms with Gasteiger partial charge in [0.15, 0.2) is 15.5 Å². The van der Waals surface area contributed by atoms with Gasteiger partial charge in [-0.2, -0.15) is 13.2 Å². The van der Waals surface area contributed by atoms with Crippen LogP contribution >= 0.6 is 11.6 Å². The van der Waals surface area contributed by atoms with Crippen LogP contribution < -0.4 is 16.6 Å². The van der Waals surface area contributed by atoms with Crippen molar-refractivity contribution in [3.8, 4) is 16.8 Å². The zero-order valence-electron chi connectivity index (χ0n) is 20.5. The van der Waals surface area contributed by atoms with E-state index in [0.717, 1.165) is 28.1 Å². The number of hydrazine groups is 1. The predicted octanol–water partition coefficient (Wildman–Crippen LogP) is 5.70. The second-order valence-corrected chi connectivity index (χ2v) is 11.0. The molecule has 39 heavy (non-hydrogen) atoms. The number of anilines is 1. The molecule has 0 atom stereocenters. The van der Waals surface area contributed by atoms with Gasteiger partial charge in [-0.3, -0.25) is 5.01 Å². The van der Waals surface area contributed by atoms with E-state index in [1.165, 1.54) is 43.5 Å². The Balaban J connectivity index is 1.98. The second kappa shape index (κ2) is 10.4. The fraction of sp³-hybridized carbons (Fsp3) is 0.115. The third kappa shape index (κ3) is 5.77. The number of sulfone groups is 1. The molecule has 204 valence electrons. The van der Waals surface area contributed by atoms with Crippen molar-refractivity contribution in [2.24, 2.45) is 11.6 Å². The molecule has 4 aromatic rings. The number of halogens is 5. The van der Waals surface area contributed by atoms with Crippen molar-refractivity contribution in [3.63, 3.8) is 0 Å². The number of alkyl halides is 3. The zero-order valence-corrected chi connectivity index (χ0v) is 22.1. The minimum Gasteiger partial charge on any atom is -0.403 e. The van der Waals surface area contributed by atoms with E-state index in [1.54, 1.807) is 24.3 Å². The average molecular weight is 580 g/mol. The maximum atomic E-state index is 15.6. The van der Waals surface area contributed by atoms with Crippen molar-refractivity contribution < 1.29 is 26.0 Å². The summed E-state index contributed by atoms with van der Waals surface area (Å²) in [6, 6.07) is 14.4. The number of hydrogen-bond donors (Lipinski definition) is 2. The van der Waals surface area contributed by atoms with Gasteiger partial charge in [-0.25, -0.2) is 23.6 Å². The van der Waals surface area contributed by atoms with E-state index in [4.69, 9.17) is 23.2 Å². The molecule has 0 fully saturated rings. The van der Waals surface area contributed by atoms with E-state index in [1.807, 2.05) is 0 Å². The lowest BCUT2D eigenvalue weighted by Gasteiger charge is -2.26. The van der Waals surface area contributed by atoms with Crippen LogP contribution in [-0.2, 0) is 16.0 Å². The molecule has 4 N–H and O–H groups in total. The molecular weight excluding hydrogens is 558 g/mol. The minimum atomic E-state index is -4.74. The van der Waals surface area contributed by atoms with Crippen LogP contribution in [0.1, 0.15) is 17.1 Å². The first kappa shape index (κ1) is 28.1. The fourth-order valence-electron chi connectivity index (χ4n) is 3.97. The summed E-state index contributed by atoms with van der Waals surface area (Å²) in [4.78, 5) is 3.53. The van der Waals surface area contributed by atoms with Gasteiger partial charge in [-0.15, -0.1) is 0 Å². The summed E-state index contributed by atoms with van der Waals surface area (Å²) in [7, 11) is -3.61. The predicted molar refractivity (Wildman–Crippen MR) is 142 cm³/mol. The van der Waals surface area contributed by atoms with Crippen LogP contribution in [0.15, 0.2) is 78.0 Å². The molecule has 0 radical (unpaired) electrons. The zero-order chi connectivity index (χ0) is 28.7. The van der Waals surface area contributed by atoms with Gasteiger partial charge in [0.1, 0.15) is 11.6 Å². The van der Waals surface area contributed by atoms with E-state index < -0.39 is 27.5 Å². The van der Waals surface area contributed by atoms with Gasteiger partial charge in [0.25, 0.3) is 0 Å². The van der Waals surface area contributed by atoms with Gasteiger partial charge in [-0.1, -0.05) is 35.9 Å². The van der Waals surface area contributed by atoms with E-state index in [-0.39, 0.29) is 38.9 Å². The third-order valence-corrected chi connectivity index (χ3v) is 7.25. The first-order valence-electron chi connectivity index (χ1n) is 11.2. The van der Waals surface area contributed by atoms with Crippen LogP contribution in [0.2, 0.25) is 5.02 Å². The summed E-state index contributed by atoms with van der Waals surface area (Å²) >= 11 is 5.99. The first-order valence-corrected chi connectivity index (χ1v) is 13.5. The lowest BCUT2D eigenvalue weighted by atomic mass is 10.0. The number of hydrogen-bond acceptors (Lipinski definition) is 6. The second-order valence-electron chi connectivity index (χ2n) is 8.59. The molecule has 1 aromatic heterocycles. The average Bonchev–Trinajstić information content (AvgIpc) is 3.27. The largest absolute Gasteiger partial charge is 0.434 e. The number of rotatable bonds is 6. The SMILES string of the molecule is Cc1nc(C(F)(F)F)cn1-c1cc(F)c(-c2cccc(S(C)(=O)=O)c2)cc1N(N)/C(=C\N)c1ccc(Cl)cc1. The van der Waals surface area contributed by atoms with Crippen LogP contribution in [0, 0.1) is 12.7 Å². The Morgan fingerprint density at radius 3 is 2.33 bits per heavy atom. The number of aromatic nitrogens is 2. The molecule has 4 rings (SSSR count). The van der Waals surface area contributed by atoms with Gasteiger partial charge in [0.05, 0.1) is 22.0 Å². The number of aryl methyl sites for hydroxylation is 1. The van der Waals surface area contributed by atoms with Crippen LogP contribution in [0.5, 0.6) is 0 Å². The van der Waals surface area contributed by atoms with Crippen molar-refractivity contribution in [3.05, 3.63) is 101 Å². The highest BCUT2D eigenvalue weighted by Gasteiger charge is 2.35. The Bertz CT molecular complexity index is 1680. The monoisotopic (exact) mass is 579 g/mol. The van der Waals surface area contributed by atoms with Crippen LogP contribution in [0.25, 0.3) is 22.5 Å². The number of imidazole rings is 1. The van der Waals surface area contributed by atoms with Crippen molar-refractivity contribution in [2.45, 2.75) is 18.0 Å². The lowest BCUT2D eigenvalue weighted by Crippen LogP contribution is -2.31. The summed E-state index contributed by atoms with van der Waals surface area (Å²) in [5, 5.41) is 1.54. The normalized spacial score (nSPS) is 12.6. The summed E-state index contributed by atoms with van der Waals surface area (Å²) in [6.07, 6.45) is -1.81. The molecule has 0 spiro atoms. The lowest BCUT2D eigenvalue weighted by molar-refractivity contribution is -0.141. The number of benzene rings is 3. The molecule has 0 saturated carbocycles. The minimum absolute atomic E-state index is 0.0430. The maximum absolute atomic E-state index is 15.6. The standard InChI is InChI=1S/C26H22ClF4N5O2S/c1-15-34-25(26(29,30)31)14-35(15)22-12-21(28)20(17-4-3-5-19(10-17)39(2,37)38)11-23(22)36(33)24(13-32)16-6-8-18(27)9-7-16/h3-14H,32-33H2,1-2H3/b24-13-. The first-order chi connectivity index (χ1) is 18.2. The van der Waals surface area contributed by atoms with Gasteiger partial charge in [-0.05, 0) is 42.8 Å². The summed E-state index contributed by atoms with van der Waals surface area (Å²) in [5.41, 5.74) is 5.60. The Hall–Kier alpha value is -3.87. The molecule has 1 heterocycles. The molecule has 13 heteroatoms. The maximum Gasteiger partial charge on any atom is 0.434 e. The van der Waals surface area contributed by atoms with Gasteiger partial charge >= 0.3 is 6.18 Å². The number of nitrogens with two attached hydrogens (primary N) is 2. The van der Waals surface area contributed by atoms with Crippen molar-refractivity contribution in [2.75, 3.05) is 11.3 Å². The van der Waals surface area contributed by atoms with E-state index in [9.17, 15) is 21.6 Å². The Morgan fingerprint density at radius 2 is 1.77 bits per heavy atom. The van der Waals surface area contributed by atoms with Crippen molar-refractivity contribution >= 4 is 32.8 Å². The van der Waals surface area contributed by atoms with Gasteiger partial charge in [0.2, 0.25) is 0 Å². The van der Waals surface area contributed by atoms with Crippen molar-refractivity contribution in [1.82, 2.24) is 9.55 Å². The van der Waals surface area contributed by atoms with Gasteiger partial charge < -0.3 is 10.3 Å². The van der Waals surface area contributed by atoms with Crippen LogP contribution in [-0.4, -0.2) is 24.2 Å². The van der Waals surface area contributed by atoms with Crippen LogP contribution in [0.3, 0.4) is 0 Å². The molecule has 0 aliphatic heterocycles. The molecule has 0 aliphatic rings. The van der Waals surface area contributed by atoms with E-state index in [0.29, 0.717) is 10.6 Å². The Labute approximate surface area is 226 Å².